The van der Waals surface area contributed by atoms with Gasteiger partial charge >= 0.3 is 0 Å². The maximum absolute atomic E-state index is 13.9. The van der Waals surface area contributed by atoms with Gasteiger partial charge in [-0.15, -0.1) is 0 Å². The standard InChI is InChI=1S/C22H21FN4S/c1-2-16-14-28-22-25-20(18-9-3-4-11-24-18)21(27(16)22)19-10-6-12-26(19)17-8-5-7-15(23)13-17/h3-13,16,20-21H,2,14H2,1H3/t16-,20+,21-/m1/s1. The highest BCUT2D eigenvalue weighted by molar-refractivity contribution is 8.14. The summed E-state index contributed by atoms with van der Waals surface area (Å²) in [5.41, 5.74) is 2.91. The van der Waals surface area contributed by atoms with Crippen molar-refractivity contribution in [3.8, 4) is 5.69 Å². The van der Waals surface area contributed by atoms with Crippen LogP contribution in [0.5, 0.6) is 0 Å². The second-order valence-corrected chi connectivity index (χ2v) is 8.11. The number of amidine groups is 1. The summed E-state index contributed by atoms with van der Waals surface area (Å²) in [6.45, 7) is 2.23. The Balaban J connectivity index is 1.63. The van der Waals surface area contributed by atoms with Crippen LogP contribution in [-0.4, -0.2) is 31.4 Å². The number of halogens is 1. The second kappa shape index (κ2) is 7.09. The monoisotopic (exact) mass is 392 g/mol. The highest BCUT2D eigenvalue weighted by Crippen LogP contribution is 2.48. The number of pyridine rings is 1. The number of hydrogen-bond donors (Lipinski definition) is 0. The molecule has 1 fully saturated rings. The summed E-state index contributed by atoms with van der Waals surface area (Å²) in [5.74, 6) is 0.825. The average molecular weight is 393 g/mol. The minimum Gasteiger partial charge on any atom is -0.337 e. The molecule has 5 rings (SSSR count). The van der Waals surface area contributed by atoms with E-state index in [1.165, 1.54) is 6.07 Å². The summed E-state index contributed by atoms with van der Waals surface area (Å²) in [7, 11) is 0. The Morgan fingerprint density at radius 3 is 2.86 bits per heavy atom. The van der Waals surface area contributed by atoms with Crippen LogP contribution in [0.3, 0.4) is 0 Å². The first kappa shape index (κ1) is 17.5. The van der Waals surface area contributed by atoms with Gasteiger partial charge in [-0.05, 0) is 48.9 Å². The van der Waals surface area contributed by atoms with Gasteiger partial charge < -0.3 is 9.47 Å². The molecular formula is C22H21FN4S. The van der Waals surface area contributed by atoms with Crippen LogP contribution < -0.4 is 0 Å². The lowest BCUT2D eigenvalue weighted by Gasteiger charge is -2.32. The molecule has 2 aromatic heterocycles. The van der Waals surface area contributed by atoms with Gasteiger partial charge in [0.05, 0.1) is 5.69 Å². The SMILES string of the molecule is CC[C@@H]1CSC2=N[C@@H](c3ccccn3)[C@@H](c3cccn3-c3cccc(F)c3)N21. The lowest BCUT2D eigenvalue weighted by atomic mass is 9.99. The minimum absolute atomic E-state index is 0.0446. The van der Waals surface area contributed by atoms with Crippen molar-refractivity contribution in [1.29, 1.82) is 0 Å². The first-order valence-electron chi connectivity index (χ1n) is 9.59. The smallest absolute Gasteiger partial charge is 0.160 e. The van der Waals surface area contributed by atoms with E-state index >= 15 is 0 Å². The molecule has 0 spiro atoms. The Morgan fingerprint density at radius 1 is 1.14 bits per heavy atom. The van der Waals surface area contributed by atoms with Crippen molar-refractivity contribution in [2.75, 3.05) is 5.75 Å². The van der Waals surface area contributed by atoms with Crippen molar-refractivity contribution >= 4 is 16.9 Å². The minimum atomic E-state index is -0.232. The normalized spacial score (nSPS) is 23.7. The molecule has 0 radical (unpaired) electrons. The molecule has 0 amide bonds. The van der Waals surface area contributed by atoms with E-state index in [4.69, 9.17) is 4.99 Å². The zero-order valence-electron chi connectivity index (χ0n) is 15.6. The summed E-state index contributed by atoms with van der Waals surface area (Å²) in [4.78, 5) is 12.1. The fraction of sp³-hybridized carbons (Fsp3) is 0.273. The number of aliphatic imine (C=N–C) groups is 1. The van der Waals surface area contributed by atoms with E-state index in [2.05, 4.69) is 27.4 Å². The Morgan fingerprint density at radius 2 is 2.07 bits per heavy atom. The molecule has 1 saturated heterocycles. The zero-order chi connectivity index (χ0) is 19.1. The molecule has 3 aromatic rings. The maximum atomic E-state index is 13.9. The number of thioether (sulfide) groups is 1. The molecule has 2 aliphatic heterocycles. The van der Waals surface area contributed by atoms with Crippen molar-refractivity contribution in [2.45, 2.75) is 31.5 Å². The molecule has 0 unspecified atom stereocenters. The summed E-state index contributed by atoms with van der Waals surface area (Å²) in [5, 5.41) is 1.10. The van der Waals surface area contributed by atoms with E-state index in [0.29, 0.717) is 6.04 Å². The van der Waals surface area contributed by atoms with E-state index in [9.17, 15) is 4.39 Å². The van der Waals surface area contributed by atoms with Gasteiger partial charge in [0, 0.05) is 35.6 Å². The third-order valence-corrected chi connectivity index (χ3v) is 6.62. The van der Waals surface area contributed by atoms with Crippen LogP contribution in [0.15, 0.2) is 72.0 Å². The summed E-state index contributed by atoms with van der Waals surface area (Å²) in [6.07, 6.45) is 4.89. The first-order valence-corrected chi connectivity index (χ1v) is 10.6. The van der Waals surface area contributed by atoms with Crippen LogP contribution in [0.2, 0.25) is 0 Å². The Labute approximate surface area is 168 Å². The second-order valence-electron chi connectivity index (χ2n) is 7.12. The van der Waals surface area contributed by atoms with E-state index < -0.39 is 0 Å². The van der Waals surface area contributed by atoms with Crippen molar-refractivity contribution in [2.24, 2.45) is 4.99 Å². The van der Waals surface area contributed by atoms with Crippen molar-refractivity contribution < 1.29 is 4.39 Å². The fourth-order valence-corrected chi connectivity index (χ4v) is 5.50. The average Bonchev–Trinajstić information content (AvgIpc) is 3.43. The van der Waals surface area contributed by atoms with E-state index in [1.807, 2.05) is 54.5 Å². The Bertz CT molecular complexity index is 1020. The van der Waals surface area contributed by atoms with Gasteiger partial charge in [-0.1, -0.05) is 30.8 Å². The van der Waals surface area contributed by atoms with Crippen LogP contribution in [0.25, 0.3) is 5.69 Å². The van der Waals surface area contributed by atoms with Gasteiger partial charge in [-0.2, -0.15) is 0 Å². The van der Waals surface area contributed by atoms with Crippen molar-refractivity contribution in [1.82, 2.24) is 14.5 Å². The molecule has 1 aromatic carbocycles. The van der Waals surface area contributed by atoms with Gasteiger partial charge in [0.2, 0.25) is 0 Å². The highest BCUT2D eigenvalue weighted by Gasteiger charge is 2.46. The summed E-state index contributed by atoms with van der Waals surface area (Å²) >= 11 is 1.83. The molecule has 0 saturated carbocycles. The van der Waals surface area contributed by atoms with Crippen LogP contribution in [0, 0.1) is 5.82 Å². The largest absolute Gasteiger partial charge is 0.337 e. The first-order chi connectivity index (χ1) is 13.8. The maximum Gasteiger partial charge on any atom is 0.160 e. The van der Waals surface area contributed by atoms with Crippen molar-refractivity contribution in [3.63, 3.8) is 0 Å². The molecule has 0 bridgehead atoms. The van der Waals surface area contributed by atoms with Crippen LogP contribution >= 0.6 is 11.8 Å². The van der Waals surface area contributed by atoms with Crippen LogP contribution in [-0.2, 0) is 0 Å². The number of benzene rings is 1. The molecule has 28 heavy (non-hydrogen) atoms. The molecule has 0 N–H and O–H groups in total. The molecule has 3 atom stereocenters. The van der Waals surface area contributed by atoms with Crippen LogP contribution in [0.4, 0.5) is 4.39 Å². The fourth-order valence-electron chi connectivity index (χ4n) is 4.17. The summed E-state index contributed by atoms with van der Waals surface area (Å²) in [6, 6.07) is 17.3. The summed E-state index contributed by atoms with van der Waals surface area (Å²) < 4.78 is 16.0. The number of nitrogens with zero attached hydrogens (tertiary/aromatic N) is 4. The number of fused-ring (bicyclic) bond motifs is 1. The van der Waals surface area contributed by atoms with Gasteiger partial charge in [-0.25, -0.2) is 4.39 Å². The van der Waals surface area contributed by atoms with E-state index in [1.54, 1.807) is 12.1 Å². The number of aromatic nitrogens is 2. The quantitative estimate of drug-likeness (QED) is 0.627. The molecule has 6 heteroatoms. The predicted octanol–water partition coefficient (Wildman–Crippen LogP) is 4.99. The van der Waals surface area contributed by atoms with Gasteiger partial charge in [0.15, 0.2) is 5.17 Å². The lowest BCUT2D eigenvalue weighted by molar-refractivity contribution is 0.249. The molecule has 4 nitrogen and oxygen atoms in total. The highest BCUT2D eigenvalue weighted by atomic mass is 32.2. The third kappa shape index (κ3) is 2.83. The number of hydrogen-bond acceptors (Lipinski definition) is 4. The Kier molecular flexibility index (Phi) is 4.43. The van der Waals surface area contributed by atoms with Crippen LogP contribution in [0.1, 0.15) is 36.8 Å². The number of rotatable bonds is 4. The Hall–Kier alpha value is -2.60. The third-order valence-electron chi connectivity index (χ3n) is 5.50. The molecular weight excluding hydrogens is 371 g/mol. The van der Waals surface area contributed by atoms with Gasteiger partial charge in [-0.3, -0.25) is 9.98 Å². The molecule has 2 aliphatic rings. The van der Waals surface area contributed by atoms with Gasteiger partial charge in [0.25, 0.3) is 0 Å². The topological polar surface area (TPSA) is 33.4 Å². The van der Waals surface area contributed by atoms with Crippen molar-refractivity contribution in [3.05, 3.63) is 84.2 Å². The molecule has 142 valence electrons. The lowest BCUT2D eigenvalue weighted by Crippen LogP contribution is -2.36. The van der Waals surface area contributed by atoms with Gasteiger partial charge in [0.1, 0.15) is 17.9 Å². The van der Waals surface area contributed by atoms with E-state index in [0.717, 1.165) is 34.4 Å². The van der Waals surface area contributed by atoms with E-state index in [-0.39, 0.29) is 17.9 Å². The molecule has 4 heterocycles. The predicted molar refractivity (Wildman–Crippen MR) is 111 cm³/mol. The zero-order valence-corrected chi connectivity index (χ0v) is 16.4. The molecule has 0 aliphatic carbocycles.